The summed E-state index contributed by atoms with van der Waals surface area (Å²) in [5.74, 6) is 0.303. The zero-order chi connectivity index (χ0) is 15.0. The van der Waals surface area contributed by atoms with E-state index in [1.54, 1.807) is 18.2 Å². The van der Waals surface area contributed by atoms with Gasteiger partial charge in [-0.15, -0.1) is 0 Å². The standard InChI is InChI=1S/C14H18O6/c1-17-9-20-13-8-10(18-2)4-5-11(13)12(15)6-7-14(16)19-3/h4-5,8H,6-7,9H2,1-3H3. The molecule has 6 nitrogen and oxygen atoms in total. The normalized spacial score (nSPS) is 9.95. The van der Waals surface area contributed by atoms with Gasteiger partial charge in [0.2, 0.25) is 0 Å². The van der Waals surface area contributed by atoms with Crippen molar-refractivity contribution in [3.63, 3.8) is 0 Å². The van der Waals surface area contributed by atoms with Crippen molar-refractivity contribution in [3.05, 3.63) is 23.8 Å². The lowest BCUT2D eigenvalue weighted by Gasteiger charge is -2.11. The number of rotatable bonds is 8. The highest BCUT2D eigenvalue weighted by atomic mass is 16.7. The van der Waals surface area contributed by atoms with Crippen molar-refractivity contribution in [3.8, 4) is 11.5 Å². The highest BCUT2D eigenvalue weighted by molar-refractivity contribution is 6.00. The molecule has 0 saturated heterocycles. The number of methoxy groups -OCH3 is 3. The molecule has 0 amide bonds. The molecular weight excluding hydrogens is 264 g/mol. The van der Waals surface area contributed by atoms with Gasteiger partial charge in [-0.2, -0.15) is 0 Å². The molecule has 0 aliphatic heterocycles. The zero-order valence-electron chi connectivity index (χ0n) is 11.8. The highest BCUT2D eigenvalue weighted by Gasteiger charge is 2.15. The minimum atomic E-state index is -0.425. The molecule has 1 aromatic rings. The van der Waals surface area contributed by atoms with E-state index in [1.165, 1.54) is 21.3 Å². The molecule has 1 aromatic carbocycles. The van der Waals surface area contributed by atoms with Gasteiger partial charge in [-0.05, 0) is 12.1 Å². The summed E-state index contributed by atoms with van der Waals surface area (Å²) in [6, 6.07) is 4.86. The van der Waals surface area contributed by atoms with E-state index < -0.39 is 5.97 Å². The molecule has 0 saturated carbocycles. The average molecular weight is 282 g/mol. The monoisotopic (exact) mass is 282 g/mol. The minimum absolute atomic E-state index is 0.0183. The Morgan fingerprint density at radius 1 is 1.10 bits per heavy atom. The van der Waals surface area contributed by atoms with Gasteiger partial charge >= 0.3 is 5.97 Å². The van der Waals surface area contributed by atoms with E-state index in [0.29, 0.717) is 17.1 Å². The third-order valence-corrected chi connectivity index (χ3v) is 2.61. The fraction of sp³-hybridized carbons (Fsp3) is 0.429. The molecule has 0 aliphatic carbocycles. The van der Waals surface area contributed by atoms with Gasteiger partial charge in [0.1, 0.15) is 11.5 Å². The van der Waals surface area contributed by atoms with E-state index in [0.717, 1.165) is 0 Å². The fourth-order valence-electron chi connectivity index (χ4n) is 1.55. The second-order valence-electron chi connectivity index (χ2n) is 3.91. The number of benzene rings is 1. The van der Waals surface area contributed by atoms with Crippen LogP contribution in [0.1, 0.15) is 23.2 Å². The molecule has 6 heteroatoms. The van der Waals surface area contributed by atoms with E-state index in [9.17, 15) is 9.59 Å². The summed E-state index contributed by atoms with van der Waals surface area (Å²) < 4.78 is 19.7. The molecule has 20 heavy (non-hydrogen) atoms. The molecule has 0 N–H and O–H groups in total. The van der Waals surface area contributed by atoms with Crippen molar-refractivity contribution in [1.82, 2.24) is 0 Å². The number of esters is 1. The Morgan fingerprint density at radius 3 is 2.45 bits per heavy atom. The van der Waals surface area contributed by atoms with Crippen LogP contribution in [-0.4, -0.2) is 39.9 Å². The number of carbonyl (C=O) groups is 2. The minimum Gasteiger partial charge on any atom is -0.497 e. The maximum Gasteiger partial charge on any atom is 0.305 e. The molecule has 0 aromatic heterocycles. The van der Waals surface area contributed by atoms with Crippen molar-refractivity contribution >= 4 is 11.8 Å². The molecule has 0 radical (unpaired) electrons. The second kappa shape index (κ2) is 8.16. The first-order valence-corrected chi connectivity index (χ1v) is 6.02. The fourth-order valence-corrected chi connectivity index (χ4v) is 1.55. The van der Waals surface area contributed by atoms with E-state index in [1.807, 2.05) is 0 Å². The van der Waals surface area contributed by atoms with Crippen molar-refractivity contribution in [1.29, 1.82) is 0 Å². The summed E-state index contributed by atoms with van der Waals surface area (Å²) in [6.45, 7) is 0.0183. The summed E-state index contributed by atoms with van der Waals surface area (Å²) in [4.78, 5) is 23.1. The summed E-state index contributed by atoms with van der Waals surface area (Å²) in [5.41, 5.74) is 0.381. The second-order valence-corrected chi connectivity index (χ2v) is 3.91. The van der Waals surface area contributed by atoms with E-state index in [-0.39, 0.29) is 25.4 Å². The van der Waals surface area contributed by atoms with Crippen molar-refractivity contribution in [2.75, 3.05) is 28.1 Å². The number of carbonyl (C=O) groups excluding carboxylic acids is 2. The largest absolute Gasteiger partial charge is 0.497 e. The predicted molar refractivity (Wildman–Crippen MR) is 71.1 cm³/mol. The molecule has 110 valence electrons. The van der Waals surface area contributed by atoms with Gasteiger partial charge in [0.25, 0.3) is 0 Å². The van der Waals surface area contributed by atoms with E-state index >= 15 is 0 Å². The number of Topliss-reactive ketones (excluding diaryl/α,β-unsaturated/α-hetero) is 1. The van der Waals surface area contributed by atoms with Crippen molar-refractivity contribution in [2.45, 2.75) is 12.8 Å². The third-order valence-electron chi connectivity index (χ3n) is 2.61. The molecule has 1 rings (SSSR count). The molecule has 0 unspecified atom stereocenters. The lowest BCUT2D eigenvalue weighted by molar-refractivity contribution is -0.140. The third kappa shape index (κ3) is 4.55. The molecule has 0 fully saturated rings. The van der Waals surface area contributed by atoms with Crippen LogP contribution < -0.4 is 9.47 Å². The van der Waals surface area contributed by atoms with Crippen LogP contribution in [0.15, 0.2) is 18.2 Å². The predicted octanol–water partition coefficient (Wildman–Crippen LogP) is 1.81. The van der Waals surface area contributed by atoms with Gasteiger partial charge in [0.15, 0.2) is 12.6 Å². The van der Waals surface area contributed by atoms with Crippen molar-refractivity contribution < 1.29 is 28.5 Å². The zero-order valence-corrected chi connectivity index (χ0v) is 11.8. The van der Waals surface area contributed by atoms with Gasteiger partial charge in [0, 0.05) is 19.6 Å². The summed E-state index contributed by atoms with van der Waals surface area (Å²) >= 11 is 0. The van der Waals surface area contributed by atoms with Crippen LogP contribution in [0.25, 0.3) is 0 Å². The van der Waals surface area contributed by atoms with Crippen LogP contribution in [-0.2, 0) is 14.3 Å². The van der Waals surface area contributed by atoms with Crippen molar-refractivity contribution in [2.24, 2.45) is 0 Å². The maximum atomic E-state index is 12.1. The Hall–Kier alpha value is -2.08. The van der Waals surface area contributed by atoms with Gasteiger partial charge in [-0.3, -0.25) is 9.59 Å². The first-order valence-electron chi connectivity index (χ1n) is 6.02. The number of ether oxygens (including phenoxy) is 4. The highest BCUT2D eigenvalue weighted by Crippen LogP contribution is 2.26. The van der Waals surface area contributed by atoms with Crippen LogP contribution >= 0.6 is 0 Å². The molecular formula is C14H18O6. The molecule has 0 spiro atoms. The van der Waals surface area contributed by atoms with E-state index in [4.69, 9.17) is 14.2 Å². The Bertz CT molecular complexity index is 469. The summed E-state index contributed by atoms with van der Waals surface area (Å²) in [6.07, 6.45) is 0.0907. The lowest BCUT2D eigenvalue weighted by Crippen LogP contribution is -2.09. The topological polar surface area (TPSA) is 71.1 Å². The first-order chi connectivity index (χ1) is 9.62. The van der Waals surface area contributed by atoms with Crippen LogP contribution in [0.5, 0.6) is 11.5 Å². The van der Waals surface area contributed by atoms with E-state index in [2.05, 4.69) is 4.74 Å². The summed E-state index contributed by atoms with van der Waals surface area (Å²) in [7, 11) is 4.29. The van der Waals surface area contributed by atoms with Gasteiger partial charge in [0.05, 0.1) is 26.2 Å². The Kier molecular flexibility index (Phi) is 6.52. The lowest BCUT2D eigenvalue weighted by atomic mass is 10.1. The average Bonchev–Trinajstić information content (AvgIpc) is 2.49. The molecule has 0 bridgehead atoms. The van der Waals surface area contributed by atoms with Crippen LogP contribution in [0.3, 0.4) is 0 Å². The van der Waals surface area contributed by atoms with Crippen LogP contribution in [0, 0.1) is 0 Å². The molecule has 0 aliphatic rings. The Morgan fingerprint density at radius 2 is 1.85 bits per heavy atom. The van der Waals surface area contributed by atoms with Gasteiger partial charge < -0.3 is 18.9 Å². The Labute approximate surface area is 117 Å². The summed E-state index contributed by atoms with van der Waals surface area (Å²) in [5, 5.41) is 0. The number of ketones is 1. The number of hydrogen-bond donors (Lipinski definition) is 0. The van der Waals surface area contributed by atoms with Gasteiger partial charge in [-0.25, -0.2) is 0 Å². The quantitative estimate of drug-likeness (QED) is 0.411. The van der Waals surface area contributed by atoms with Gasteiger partial charge in [-0.1, -0.05) is 0 Å². The first kappa shape index (κ1) is 16.0. The SMILES string of the molecule is COCOc1cc(OC)ccc1C(=O)CCC(=O)OC. The van der Waals surface area contributed by atoms with Crippen LogP contribution in [0.4, 0.5) is 0 Å². The maximum absolute atomic E-state index is 12.1. The molecule has 0 heterocycles. The molecule has 0 atom stereocenters. The number of hydrogen-bond acceptors (Lipinski definition) is 6. The Balaban J connectivity index is 2.85. The smallest absolute Gasteiger partial charge is 0.305 e. The van der Waals surface area contributed by atoms with Crippen LogP contribution in [0.2, 0.25) is 0 Å².